The van der Waals surface area contributed by atoms with Gasteiger partial charge in [0.1, 0.15) is 30.2 Å². The summed E-state index contributed by atoms with van der Waals surface area (Å²) in [5.41, 5.74) is 6.25. The van der Waals surface area contributed by atoms with Crippen molar-refractivity contribution >= 4 is 63.5 Å². The molecule has 4 aromatic carbocycles. The van der Waals surface area contributed by atoms with Crippen LogP contribution in [0.3, 0.4) is 0 Å². The molecule has 434 valence electrons. The molecule has 3 aliphatic rings. The zero-order valence-corrected chi connectivity index (χ0v) is 47.3. The molecule has 4 amide bonds. The predicted octanol–water partition coefficient (Wildman–Crippen LogP) is 9.76. The second kappa shape index (κ2) is 28.1. The van der Waals surface area contributed by atoms with Crippen LogP contribution in [0.15, 0.2) is 95.9 Å². The fourth-order valence-corrected chi connectivity index (χ4v) is 11.3. The number of carbonyl (C=O) groups excluding carboxylic acids is 4. The van der Waals surface area contributed by atoms with Gasteiger partial charge < -0.3 is 53.4 Å². The lowest BCUT2D eigenvalue weighted by atomic mass is 10.00. The number of ether oxygens (including phenoxy) is 7. The Labute approximate surface area is 481 Å². The van der Waals surface area contributed by atoms with Crippen LogP contribution >= 0.6 is 23.1 Å². The molecule has 0 unspecified atom stereocenters. The number of nitrogens with one attached hydrogen (secondary N) is 1. The lowest BCUT2D eigenvalue weighted by Crippen LogP contribution is -2.54. The molecule has 4 heterocycles. The number of thiazole rings is 1. The maximum atomic E-state index is 14.4. The lowest BCUT2D eigenvalue weighted by molar-refractivity contribution is -0.143. The second-order valence-corrected chi connectivity index (χ2v) is 21.4. The Bertz CT molecular complexity index is 3200. The SMILES string of the molecule is [C-]#[N+]c1ccc(Oc2ccc(/C=C3\SC(=O)N(CCOCCOCCOCCOCCOc4cc(-c5scnc5C)ccc4CNC(=O)[C@@H]4C[C@@H](O)CN4C(=O)[C@H](C(C)C)N4Cc5ccccc5C4=C)C3=O)cc2OC)c(C(F)(F)F)c1. The normalized spacial score (nSPS) is 17.0. The van der Waals surface area contributed by atoms with Gasteiger partial charge in [-0.3, -0.25) is 24.1 Å². The summed E-state index contributed by atoms with van der Waals surface area (Å²) >= 11 is 2.25. The van der Waals surface area contributed by atoms with Crippen molar-refractivity contribution in [3.63, 3.8) is 0 Å². The lowest BCUT2D eigenvalue weighted by Gasteiger charge is -2.36. The molecule has 0 bridgehead atoms. The summed E-state index contributed by atoms with van der Waals surface area (Å²) in [6.45, 7) is 20.1. The Morgan fingerprint density at radius 3 is 2.26 bits per heavy atom. The van der Waals surface area contributed by atoms with Crippen molar-refractivity contribution in [2.45, 2.75) is 64.6 Å². The highest BCUT2D eigenvalue weighted by Gasteiger charge is 2.45. The molecule has 1 aromatic heterocycles. The highest BCUT2D eigenvalue weighted by molar-refractivity contribution is 8.18. The molecule has 3 atom stereocenters. The summed E-state index contributed by atoms with van der Waals surface area (Å²) in [6.07, 6.45) is -4.04. The van der Waals surface area contributed by atoms with Gasteiger partial charge in [0.25, 0.3) is 11.1 Å². The van der Waals surface area contributed by atoms with E-state index in [-0.39, 0.29) is 106 Å². The highest BCUT2D eigenvalue weighted by atomic mass is 32.2. The maximum absolute atomic E-state index is 14.4. The number of imide groups is 1. The van der Waals surface area contributed by atoms with Crippen LogP contribution in [0.5, 0.6) is 23.0 Å². The maximum Gasteiger partial charge on any atom is 0.418 e. The first kappa shape index (κ1) is 60.8. The van der Waals surface area contributed by atoms with Crippen LogP contribution in [-0.2, 0) is 52.6 Å². The summed E-state index contributed by atoms with van der Waals surface area (Å²) < 4.78 is 81.0. The van der Waals surface area contributed by atoms with Crippen molar-refractivity contribution in [3.05, 3.63) is 141 Å². The number of hydrogen-bond acceptors (Lipinski definition) is 16. The van der Waals surface area contributed by atoms with Crippen molar-refractivity contribution in [1.29, 1.82) is 0 Å². The van der Waals surface area contributed by atoms with Gasteiger partial charge in [0, 0.05) is 42.9 Å². The first-order chi connectivity index (χ1) is 39.4. The van der Waals surface area contributed by atoms with Gasteiger partial charge in [-0.25, -0.2) is 9.83 Å². The summed E-state index contributed by atoms with van der Waals surface area (Å²) in [6, 6.07) is 19.6. The molecule has 82 heavy (non-hydrogen) atoms. The first-order valence-electron chi connectivity index (χ1n) is 26.4. The number of hydrogen-bond donors (Lipinski definition) is 2. The number of aromatic nitrogens is 1. The molecule has 0 radical (unpaired) electrons. The van der Waals surface area contributed by atoms with Crippen molar-refractivity contribution in [2.24, 2.45) is 5.92 Å². The third-order valence-electron chi connectivity index (χ3n) is 13.7. The second-order valence-electron chi connectivity index (χ2n) is 19.6. The van der Waals surface area contributed by atoms with Crippen LogP contribution in [0.1, 0.15) is 53.8 Å². The molecular formula is C59H63F3N6O12S2. The van der Waals surface area contributed by atoms with Gasteiger partial charge in [0.2, 0.25) is 11.8 Å². The molecule has 2 saturated heterocycles. The van der Waals surface area contributed by atoms with E-state index in [1.807, 2.05) is 68.1 Å². The third kappa shape index (κ3) is 15.0. The zero-order chi connectivity index (χ0) is 58.5. The number of aliphatic hydroxyl groups is 1. The van der Waals surface area contributed by atoms with Crippen LogP contribution in [0, 0.1) is 19.4 Å². The number of benzene rings is 4. The van der Waals surface area contributed by atoms with Gasteiger partial charge in [0.15, 0.2) is 17.2 Å². The number of methoxy groups -OCH3 is 1. The topological polar surface area (TPSA) is 192 Å². The third-order valence-corrected chi connectivity index (χ3v) is 15.6. The number of nitrogens with zero attached hydrogens (tertiary/aromatic N) is 5. The summed E-state index contributed by atoms with van der Waals surface area (Å²) in [5, 5.41) is 13.3. The smallest absolute Gasteiger partial charge is 0.418 e. The molecule has 18 nitrogen and oxygen atoms in total. The van der Waals surface area contributed by atoms with Gasteiger partial charge in [0.05, 0.1) is 106 Å². The average molecular weight is 1170 g/mol. The van der Waals surface area contributed by atoms with Gasteiger partial charge in [-0.05, 0) is 77.7 Å². The van der Waals surface area contributed by atoms with E-state index in [2.05, 4.69) is 21.7 Å². The van der Waals surface area contributed by atoms with Crippen molar-refractivity contribution in [2.75, 3.05) is 79.7 Å². The quantitative estimate of drug-likeness (QED) is 0.0287. The summed E-state index contributed by atoms with van der Waals surface area (Å²) in [4.78, 5) is 67.3. The Hall–Kier alpha value is -7.30. The molecule has 0 saturated carbocycles. The Balaban J connectivity index is 0.718. The molecule has 2 N–H and O–H groups in total. The molecule has 5 aromatic rings. The van der Waals surface area contributed by atoms with Gasteiger partial charge in [-0.15, -0.1) is 11.3 Å². The largest absolute Gasteiger partial charge is 0.493 e. The average Bonchev–Trinajstić information content (AvgIpc) is 4.25. The number of fused-ring (bicyclic) bond motifs is 1. The number of thioether (sulfide) groups is 1. The van der Waals surface area contributed by atoms with Crippen molar-refractivity contribution < 1.29 is 70.6 Å². The minimum atomic E-state index is -4.78. The number of β-amino-alcohol motifs (C(OH)–C–C–N with tert-alkyl or cyclic N) is 1. The fraction of sp³-hybridized carbons (Fsp3) is 0.390. The number of likely N-dealkylation sites (tertiary alicyclic amines) is 1. The van der Waals surface area contributed by atoms with Crippen LogP contribution in [0.25, 0.3) is 27.1 Å². The van der Waals surface area contributed by atoms with Crippen LogP contribution < -0.4 is 19.5 Å². The zero-order valence-electron chi connectivity index (χ0n) is 45.7. The van der Waals surface area contributed by atoms with Gasteiger partial charge >= 0.3 is 6.18 Å². The number of aliphatic hydroxyl groups excluding tert-OH is 1. The molecule has 0 spiro atoms. The number of halogens is 3. The van der Waals surface area contributed by atoms with E-state index in [1.165, 1.54) is 53.7 Å². The highest BCUT2D eigenvalue weighted by Crippen LogP contribution is 2.43. The number of amides is 4. The van der Waals surface area contributed by atoms with E-state index in [1.54, 1.807) is 5.51 Å². The Morgan fingerprint density at radius 2 is 1.60 bits per heavy atom. The Kier molecular flexibility index (Phi) is 20.8. The van der Waals surface area contributed by atoms with Gasteiger partial charge in [-0.2, -0.15) is 13.2 Å². The molecule has 23 heteroatoms. The van der Waals surface area contributed by atoms with E-state index in [9.17, 15) is 37.5 Å². The molecule has 2 fully saturated rings. The number of aryl methyl sites for hydroxylation is 1. The minimum absolute atomic E-state index is 0.00123. The summed E-state index contributed by atoms with van der Waals surface area (Å²) in [5.74, 6) is -1.15. The van der Waals surface area contributed by atoms with E-state index >= 15 is 0 Å². The number of rotatable bonds is 27. The number of alkyl halides is 3. The first-order valence-corrected chi connectivity index (χ1v) is 28.1. The molecule has 8 rings (SSSR count). The van der Waals surface area contributed by atoms with E-state index in [0.29, 0.717) is 49.3 Å². The molecular weight excluding hydrogens is 1110 g/mol. The Morgan fingerprint density at radius 1 is 0.902 bits per heavy atom. The molecule has 3 aliphatic heterocycles. The fourth-order valence-electron chi connectivity index (χ4n) is 9.60. The van der Waals surface area contributed by atoms with E-state index < -0.39 is 46.8 Å². The van der Waals surface area contributed by atoms with Crippen molar-refractivity contribution in [3.8, 4) is 33.4 Å². The monoisotopic (exact) mass is 1170 g/mol. The summed E-state index contributed by atoms with van der Waals surface area (Å²) in [7, 11) is 1.31. The van der Waals surface area contributed by atoms with Crippen molar-refractivity contribution in [1.82, 2.24) is 25.0 Å². The standard InChI is InChI=1S/C59H63F3N6O12S2/c1-36(2)53(67-33-42-9-7-8-10-45(42)38(67)4)57(72)68-34-44(69)31-47(68)55(70)64-32-41-13-12-40(54-37(3)65-35-81-54)29-50(41)79-26-25-78-24-23-77-22-21-76-20-19-75-18-17-66-56(71)52(82-58(66)73)28-39-11-15-49(51(27-39)74-6)80-48-16-14-43(63-5)30-46(48)59(60,61)62/h7-16,27-30,35-36,44,47,53,69H,4,17-26,31-34H2,1-3,6H3,(H,64,70)/b52-28-/t44-,47+,53+/m1/s1. The number of carbonyl (C=O) groups is 4. The molecule has 0 aliphatic carbocycles. The predicted molar refractivity (Wildman–Crippen MR) is 302 cm³/mol. The van der Waals surface area contributed by atoms with E-state index in [0.717, 1.165) is 55.7 Å². The van der Waals surface area contributed by atoms with Crippen LogP contribution in [-0.4, -0.2) is 146 Å². The van der Waals surface area contributed by atoms with Gasteiger partial charge in [-0.1, -0.05) is 69.0 Å². The van der Waals surface area contributed by atoms with Crippen LogP contribution in [0.4, 0.5) is 23.7 Å². The van der Waals surface area contributed by atoms with Crippen LogP contribution in [0.2, 0.25) is 0 Å². The van der Waals surface area contributed by atoms with E-state index in [4.69, 9.17) is 39.7 Å². The minimum Gasteiger partial charge on any atom is -0.493 e.